The number of hydrogen-bond acceptors (Lipinski definition) is 3. The molecular formula is C14H19N3. The average molecular weight is 229 g/mol. The van der Waals surface area contributed by atoms with Crippen molar-refractivity contribution in [3.8, 4) is 12.3 Å². The number of pyridine rings is 1. The minimum atomic E-state index is 0.548. The van der Waals surface area contributed by atoms with E-state index in [9.17, 15) is 0 Å². The number of rotatable bonds is 3. The van der Waals surface area contributed by atoms with E-state index in [0.29, 0.717) is 6.04 Å². The lowest BCUT2D eigenvalue weighted by molar-refractivity contribution is 0.243. The molecule has 1 aromatic heterocycles. The van der Waals surface area contributed by atoms with Crippen LogP contribution in [0.5, 0.6) is 0 Å². The number of aromatic nitrogens is 1. The maximum Gasteiger partial charge on any atom is 0.0598 e. The van der Waals surface area contributed by atoms with Crippen molar-refractivity contribution in [1.82, 2.24) is 9.88 Å². The summed E-state index contributed by atoms with van der Waals surface area (Å²) in [6.07, 6.45) is 11.4. The zero-order valence-electron chi connectivity index (χ0n) is 10.3. The van der Waals surface area contributed by atoms with Gasteiger partial charge in [-0.2, -0.15) is 0 Å². The largest absolute Gasteiger partial charge is 0.381 e. The number of nitrogens with one attached hydrogen (secondary N) is 1. The Morgan fingerprint density at radius 3 is 2.94 bits per heavy atom. The van der Waals surface area contributed by atoms with E-state index in [1.807, 2.05) is 18.5 Å². The molecular weight excluding hydrogens is 210 g/mol. The van der Waals surface area contributed by atoms with Gasteiger partial charge in [-0.1, -0.05) is 5.92 Å². The molecule has 3 nitrogen and oxygen atoms in total. The number of likely N-dealkylation sites (tertiary alicyclic amines) is 1. The van der Waals surface area contributed by atoms with Gasteiger partial charge >= 0.3 is 0 Å². The molecule has 90 valence electrons. The second-order valence-electron chi connectivity index (χ2n) is 4.59. The van der Waals surface area contributed by atoms with Gasteiger partial charge in [0.2, 0.25) is 0 Å². The molecule has 1 fully saturated rings. The monoisotopic (exact) mass is 229 g/mol. The molecule has 1 aliphatic rings. The molecule has 3 heteroatoms. The summed E-state index contributed by atoms with van der Waals surface area (Å²) in [5.41, 5.74) is 2.41. The summed E-state index contributed by atoms with van der Waals surface area (Å²) >= 11 is 0. The van der Waals surface area contributed by atoms with E-state index in [1.54, 1.807) is 0 Å². The van der Waals surface area contributed by atoms with Crippen molar-refractivity contribution < 1.29 is 0 Å². The fourth-order valence-corrected chi connectivity index (χ4v) is 2.20. The van der Waals surface area contributed by atoms with Crippen molar-refractivity contribution in [1.29, 1.82) is 0 Å². The summed E-state index contributed by atoms with van der Waals surface area (Å²) in [7, 11) is 0. The van der Waals surface area contributed by atoms with Gasteiger partial charge in [0.05, 0.1) is 18.4 Å². The van der Waals surface area contributed by atoms with Crippen molar-refractivity contribution in [2.75, 3.05) is 25.0 Å². The van der Waals surface area contributed by atoms with Crippen LogP contribution in [0.4, 0.5) is 5.69 Å². The second-order valence-corrected chi connectivity index (χ2v) is 4.59. The predicted molar refractivity (Wildman–Crippen MR) is 70.9 cm³/mol. The van der Waals surface area contributed by atoms with Gasteiger partial charge in [0.25, 0.3) is 0 Å². The molecule has 1 aliphatic heterocycles. The Bertz CT molecular complexity index is 400. The minimum absolute atomic E-state index is 0.548. The number of anilines is 1. The molecule has 0 saturated carbocycles. The highest BCUT2D eigenvalue weighted by molar-refractivity contribution is 5.48. The third-order valence-electron chi connectivity index (χ3n) is 3.30. The van der Waals surface area contributed by atoms with E-state index in [4.69, 9.17) is 6.42 Å². The van der Waals surface area contributed by atoms with Crippen LogP contribution in [0.15, 0.2) is 18.5 Å². The molecule has 0 spiro atoms. The Morgan fingerprint density at radius 2 is 2.29 bits per heavy atom. The zero-order valence-corrected chi connectivity index (χ0v) is 10.3. The molecule has 0 bridgehead atoms. The SMILES string of the molecule is C#CCN1CCC(Nc2cnccc2C)CC1. The quantitative estimate of drug-likeness (QED) is 0.802. The molecule has 1 aromatic rings. The highest BCUT2D eigenvalue weighted by atomic mass is 15.1. The van der Waals surface area contributed by atoms with Crippen molar-refractivity contribution in [2.24, 2.45) is 0 Å². The van der Waals surface area contributed by atoms with Crippen molar-refractivity contribution in [2.45, 2.75) is 25.8 Å². The van der Waals surface area contributed by atoms with Gasteiger partial charge in [0.1, 0.15) is 0 Å². The molecule has 1 N–H and O–H groups in total. The van der Waals surface area contributed by atoms with Gasteiger partial charge in [0.15, 0.2) is 0 Å². The van der Waals surface area contributed by atoms with Crippen LogP contribution in [0.3, 0.4) is 0 Å². The molecule has 2 rings (SSSR count). The standard InChI is InChI=1S/C14H19N3/c1-3-8-17-9-5-13(6-10-17)16-14-11-15-7-4-12(14)2/h1,4,7,11,13,16H,5-6,8-10H2,2H3. The first-order chi connectivity index (χ1) is 8.29. The lowest BCUT2D eigenvalue weighted by Gasteiger charge is -2.31. The van der Waals surface area contributed by atoms with E-state index < -0.39 is 0 Å². The van der Waals surface area contributed by atoms with Crippen LogP contribution >= 0.6 is 0 Å². The van der Waals surface area contributed by atoms with Crippen LogP contribution < -0.4 is 5.32 Å². The normalized spacial score (nSPS) is 17.6. The Kier molecular flexibility index (Phi) is 4.00. The molecule has 2 heterocycles. The van der Waals surface area contributed by atoms with Crippen LogP contribution in [-0.2, 0) is 0 Å². The summed E-state index contributed by atoms with van der Waals surface area (Å²) in [6.45, 7) is 5.05. The van der Waals surface area contributed by atoms with Crippen LogP contribution in [0.2, 0.25) is 0 Å². The van der Waals surface area contributed by atoms with Crippen LogP contribution in [0.1, 0.15) is 18.4 Å². The van der Waals surface area contributed by atoms with Gasteiger partial charge < -0.3 is 5.32 Å². The van der Waals surface area contributed by atoms with E-state index >= 15 is 0 Å². The Hall–Kier alpha value is -1.53. The number of terminal acetylenes is 1. The fourth-order valence-electron chi connectivity index (χ4n) is 2.20. The topological polar surface area (TPSA) is 28.2 Å². The maximum atomic E-state index is 5.32. The highest BCUT2D eigenvalue weighted by Gasteiger charge is 2.18. The third-order valence-corrected chi connectivity index (χ3v) is 3.30. The summed E-state index contributed by atoms with van der Waals surface area (Å²) in [5.74, 6) is 2.71. The number of piperidine rings is 1. The van der Waals surface area contributed by atoms with Crippen molar-refractivity contribution in [3.05, 3.63) is 24.0 Å². The summed E-state index contributed by atoms with van der Waals surface area (Å²) < 4.78 is 0. The van der Waals surface area contributed by atoms with Crippen LogP contribution in [0, 0.1) is 19.3 Å². The molecule has 0 aliphatic carbocycles. The van der Waals surface area contributed by atoms with E-state index in [2.05, 4.69) is 28.0 Å². The first-order valence-corrected chi connectivity index (χ1v) is 6.12. The number of aryl methyl sites for hydroxylation is 1. The van der Waals surface area contributed by atoms with Crippen LogP contribution in [-0.4, -0.2) is 35.6 Å². The Labute approximate surface area is 103 Å². The zero-order chi connectivity index (χ0) is 12.1. The van der Waals surface area contributed by atoms with Crippen molar-refractivity contribution in [3.63, 3.8) is 0 Å². The predicted octanol–water partition coefficient (Wildman–Crippen LogP) is 1.90. The minimum Gasteiger partial charge on any atom is -0.381 e. The average Bonchev–Trinajstić information content (AvgIpc) is 2.35. The lowest BCUT2D eigenvalue weighted by atomic mass is 10.0. The smallest absolute Gasteiger partial charge is 0.0598 e. The van der Waals surface area contributed by atoms with E-state index in [0.717, 1.165) is 38.2 Å². The van der Waals surface area contributed by atoms with Crippen molar-refractivity contribution >= 4 is 5.69 Å². The fraction of sp³-hybridized carbons (Fsp3) is 0.500. The lowest BCUT2D eigenvalue weighted by Crippen LogP contribution is -2.39. The molecule has 0 aromatic carbocycles. The first kappa shape index (κ1) is 11.9. The molecule has 0 radical (unpaired) electrons. The summed E-state index contributed by atoms with van der Waals surface area (Å²) in [5, 5.41) is 3.57. The second kappa shape index (κ2) is 5.70. The molecule has 0 atom stereocenters. The van der Waals surface area contributed by atoms with Gasteiger partial charge in [-0.3, -0.25) is 9.88 Å². The van der Waals surface area contributed by atoms with Gasteiger partial charge in [0, 0.05) is 25.3 Å². The molecule has 17 heavy (non-hydrogen) atoms. The van der Waals surface area contributed by atoms with E-state index in [1.165, 1.54) is 5.56 Å². The van der Waals surface area contributed by atoms with Gasteiger partial charge in [-0.15, -0.1) is 6.42 Å². The third kappa shape index (κ3) is 3.21. The number of hydrogen-bond donors (Lipinski definition) is 1. The number of nitrogens with zero attached hydrogens (tertiary/aromatic N) is 2. The van der Waals surface area contributed by atoms with Gasteiger partial charge in [-0.05, 0) is 31.4 Å². The molecule has 0 unspecified atom stereocenters. The Balaban J connectivity index is 1.86. The van der Waals surface area contributed by atoms with Crippen LogP contribution in [0.25, 0.3) is 0 Å². The molecule has 1 saturated heterocycles. The van der Waals surface area contributed by atoms with E-state index in [-0.39, 0.29) is 0 Å². The highest BCUT2D eigenvalue weighted by Crippen LogP contribution is 2.18. The Morgan fingerprint density at radius 1 is 1.53 bits per heavy atom. The summed E-state index contributed by atoms with van der Waals surface area (Å²) in [6, 6.07) is 2.59. The maximum absolute atomic E-state index is 5.32. The molecule has 0 amide bonds. The summed E-state index contributed by atoms with van der Waals surface area (Å²) in [4.78, 5) is 6.48. The first-order valence-electron chi connectivity index (χ1n) is 6.12. The van der Waals surface area contributed by atoms with Gasteiger partial charge in [-0.25, -0.2) is 0 Å².